The third kappa shape index (κ3) is 1.09. The van der Waals surface area contributed by atoms with Crippen molar-refractivity contribution in [2.75, 3.05) is 5.73 Å². The van der Waals surface area contributed by atoms with Crippen LogP contribution < -0.4 is 5.73 Å². The van der Waals surface area contributed by atoms with Gasteiger partial charge in [0, 0.05) is 11.4 Å². The van der Waals surface area contributed by atoms with Crippen LogP contribution >= 0.6 is 24.0 Å². The van der Waals surface area contributed by atoms with E-state index in [-0.39, 0.29) is 0 Å². The van der Waals surface area contributed by atoms with E-state index >= 15 is 0 Å². The molecule has 0 atom stereocenters. The van der Waals surface area contributed by atoms with Crippen LogP contribution in [0.5, 0.6) is 0 Å². The smallest absolute Gasteiger partial charge is 0.0575 e. The molecule has 0 aliphatic carbocycles. The monoisotopic (exact) mass is 195 g/mol. The maximum absolute atomic E-state index is 5.81. The van der Waals surface area contributed by atoms with Crippen molar-refractivity contribution in [2.24, 2.45) is 0 Å². The Hall–Kier alpha value is -0.670. The summed E-state index contributed by atoms with van der Waals surface area (Å²) in [5.74, 6) is 0.781. The Bertz CT molecular complexity index is 406. The van der Waals surface area contributed by atoms with Gasteiger partial charge in [0.05, 0.1) is 4.70 Å². The molecule has 0 bridgehead atoms. The standard InChI is InChI=1S/C9H9NS2/c10-8-3-1-2-7-6(4-11)5-12-9(7)8/h1-3,5,11H,4,10H2. The minimum Gasteiger partial charge on any atom is -0.398 e. The highest BCUT2D eigenvalue weighted by atomic mass is 32.1. The Kier molecular flexibility index (Phi) is 1.98. The highest BCUT2D eigenvalue weighted by molar-refractivity contribution is 7.79. The summed E-state index contributed by atoms with van der Waals surface area (Å²) >= 11 is 5.94. The van der Waals surface area contributed by atoms with E-state index < -0.39 is 0 Å². The Morgan fingerprint density at radius 1 is 1.42 bits per heavy atom. The first-order chi connectivity index (χ1) is 5.83. The van der Waals surface area contributed by atoms with Gasteiger partial charge in [0.25, 0.3) is 0 Å². The van der Waals surface area contributed by atoms with Crippen molar-refractivity contribution >= 4 is 39.7 Å². The summed E-state index contributed by atoms with van der Waals surface area (Å²) < 4.78 is 1.18. The number of hydrogen-bond acceptors (Lipinski definition) is 3. The molecule has 0 aliphatic heterocycles. The van der Waals surface area contributed by atoms with Gasteiger partial charge in [-0.1, -0.05) is 12.1 Å². The van der Waals surface area contributed by atoms with Crippen molar-refractivity contribution in [3.8, 4) is 0 Å². The lowest BCUT2D eigenvalue weighted by Gasteiger charge is -1.95. The minimum absolute atomic E-state index is 0.781. The van der Waals surface area contributed by atoms with Crippen LogP contribution in [0.25, 0.3) is 10.1 Å². The third-order valence-electron chi connectivity index (χ3n) is 1.88. The van der Waals surface area contributed by atoms with Crippen LogP contribution in [0.2, 0.25) is 0 Å². The molecular weight excluding hydrogens is 186 g/mol. The zero-order chi connectivity index (χ0) is 8.55. The number of fused-ring (bicyclic) bond motifs is 1. The molecule has 2 rings (SSSR count). The van der Waals surface area contributed by atoms with E-state index in [2.05, 4.69) is 24.1 Å². The lowest BCUT2D eigenvalue weighted by atomic mass is 10.2. The topological polar surface area (TPSA) is 26.0 Å². The molecule has 62 valence electrons. The summed E-state index contributed by atoms with van der Waals surface area (Å²) in [4.78, 5) is 0. The average molecular weight is 195 g/mol. The quantitative estimate of drug-likeness (QED) is 0.531. The summed E-state index contributed by atoms with van der Waals surface area (Å²) in [6.07, 6.45) is 0. The van der Waals surface area contributed by atoms with Crippen LogP contribution in [-0.4, -0.2) is 0 Å². The number of thiol groups is 1. The number of benzene rings is 1. The van der Waals surface area contributed by atoms with Gasteiger partial charge in [0.15, 0.2) is 0 Å². The minimum atomic E-state index is 0.781. The molecule has 1 aromatic carbocycles. The van der Waals surface area contributed by atoms with Gasteiger partial charge in [-0.2, -0.15) is 12.6 Å². The zero-order valence-electron chi connectivity index (χ0n) is 6.45. The van der Waals surface area contributed by atoms with Gasteiger partial charge in [-0.25, -0.2) is 0 Å². The fraction of sp³-hybridized carbons (Fsp3) is 0.111. The predicted molar refractivity (Wildman–Crippen MR) is 58.9 cm³/mol. The van der Waals surface area contributed by atoms with E-state index in [0.717, 1.165) is 11.4 Å². The SMILES string of the molecule is Nc1cccc2c(CS)csc12. The maximum Gasteiger partial charge on any atom is 0.0575 e. The maximum atomic E-state index is 5.81. The van der Waals surface area contributed by atoms with Gasteiger partial charge in [0.1, 0.15) is 0 Å². The predicted octanol–water partition coefficient (Wildman–Crippen LogP) is 2.91. The van der Waals surface area contributed by atoms with Crippen LogP contribution in [0.4, 0.5) is 5.69 Å². The third-order valence-corrected chi connectivity index (χ3v) is 3.32. The molecule has 0 spiro atoms. The molecule has 0 fully saturated rings. The lowest BCUT2D eigenvalue weighted by molar-refractivity contribution is 1.53. The number of nitrogen functional groups attached to an aromatic ring is 1. The highest BCUT2D eigenvalue weighted by Crippen LogP contribution is 2.31. The van der Waals surface area contributed by atoms with E-state index in [1.54, 1.807) is 11.3 Å². The number of hydrogen-bond donors (Lipinski definition) is 2. The van der Waals surface area contributed by atoms with Gasteiger partial charge >= 0.3 is 0 Å². The van der Waals surface area contributed by atoms with E-state index in [4.69, 9.17) is 5.73 Å². The number of rotatable bonds is 1. The van der Waals surface area contributed by atoms with Gasteiger partial charge in [-0.05, 0) is 22.4 Å². The summed E-state index contributed by atoms with van der Waals surface area (Å²) in [6, 6.07) is 6.01. The van der Waals surface area contributed by atoms with E-state index in [1.807, 2.05) is 12.1 Å². The number of anilines is 1. The molecule has 0 saturated carbocycles. The van der Waals surface area contributed by atoms with E-state index in [9.17, 15) is 0 Å². The molecule has 1 aromatic heterocycles. The first-order valence-electron chi connectivity index (χ1n) is 3.68. The fourth-order valence-corrected chi connectivity index (χ4v) is 2.64. The normalized spacial score (nSPS) is 10.8. The first-order valence-corrected chi connectivity index (χ1v) is 5.19. The molecule has 0 unspecified atom stereocenters. The zero-order valence-corrected chi connectivity index (χ0v) is 8.16. The largest absolute Gasteiger partial charge is 0.398 e. The molecule has 1 nitrogen and oxygen atoms in total. The average Bonchev–Trinajstić information content (AvgIpc) is 2.49. The molecular formula is C9H9NS2. The number of thiophene rings is 1. The van der Waals surface area contributed by atoms with Crippen molar-refractivity contribution in [3.63, 3.8) is 0 Å². The van der Waals surface area contributed by atoms with Crippen molar-refractivity contribution in [2.45, 2.75) is 5.75 Å². The molecule has 0 radical (unpaired) electrons. The first kappa shape index (κ1) is 7.95. The van der Waals surface area contributed by atoms with Gasteiger partial charge in [-0.15, -0.1) is 11.3 Å². The van der Waals surface area contributed by atoms with Crippen molar-refractivity contribution in [1.82, 2.24) is 0 Å². The van der Waals surface area contributed by atoms with Crippen LogP contribution in [0.1, 0.15) is 5.56 Å². The van der Waals surface area contributed by atoms with E-state index in [1.165, 1.54) is 15.6 Å². The molecule has 1 heterocycles. The second kappa shape index (κ2) is 2.99. The molecule has 0 saturated heterocycles. The molecule has 0 amide bonds. The van der Waals surface area contributed by atoms with E-state index in [0.29, 0.717) is 0 Å². The highest BCUT2D eigenvalue weighted by Gasteiger charge is 2.03. The molecule has 2 N–H and O–H groups in total. The summed E-state index contributed by atoms with van der Waals surface area (Å²) in [7, 11) is 0. The Labute approximate surface area is 80.6 Å². The molecule has 0 aliphatic rings. The lowest BCUT2D eigenvalue weighted by Crippen LogP contribution is -1.83. The van der Waals surface area contributed by atoms with Crippen LogP contribution in [0.3, 0.4) is 0 Å². The molecule has 3 heteroatoms. The fourth-order valence-electron chi connectivity index (χ4n) is 1.26. The Morgan fingerprint density at radius 2 is 2.25 bits per heavy atom. The van der Waals surface area contributed by atoms with Crippen molar-refractivity contribution in [1.29, 1.82) is 0 Å². The van der Waals surface area contributed by atoms with Crippen LogP contribution in [-0.2, 0) is 5.75 Å². The molecule has 12 heavy (non-hydrogen) atoms. The second-order valence-corrected chi connectivity index (χ2v) is 3.84. The Balaban J connectivity index is 2.80. The van der Waals surface area contributed by atoms with Crippen molar-refractivity contribution < 1.29 is 0 Å². The second-order valence-electron chi connectivity index (χ2n) is 2.64. The van der Waals surface area contributed by atoms with Crippen LogP contribution in [0.15, 0.2) is 23.6 Å². The van der Waals surface area contributed by atoms with Gasteiger partial charge < -0.3 is 5.73 Å². The Morgan fingerprint density at radius 3 is 3.00 bits per heavy atom. The summed E-state index contributed by atoms with van der Waals surface area (Å²) in [5, 5.41) is 3.36. The van der Waals surface area contributed by atoms with Gasteiger partial charge in [0.2, 0.25) is 0 Å². The van der Waals surface area contributed by atoms with Crippen molar-refractivity contribution in [3.05, 3.63) is 29.1 Å². The van der Waals surface area contributed by atoms with Gasteiger partial charge in [-0.3, -0.25) is 0 Å². The molecule has 2 aromatic rings. The number of nitrogens with two attached hydrogens (primary N) is 1. The summed E-state index contributed by atoms with van der Waals surface area (Å²) in [5.41, 5.74) is 7.95. The summed E-state index contributed by atoms with van der Waals surface area (Å²) in [6.45, 7) is 0. The van der Waals surface area contributed by atoms with Crippen LogP contribution in [0, 0.1) is 0 Å².